The largest absolute Gasteiger partial charge is 0.354 e. The van der Waals surface area contributed by atoms with E-state index in [0.717, 1.165) is 49.2 Å². The number of aromatic nitrogens is 1. The number of hydrogen-bond acceptors (Lipinski definition) is 4. The second-order valence-corrected chi connectivity index (χ2v) is 9.30. The molecule has 4 rings (SSSR count). The third-order valence-corrected chi connectivity index (χ3v) is 7.06. The molecule has 2 aliphatic carbocycles. The Morgan fingerprint density at radius 2 is 1.71 bits per heavy atom. The Labute approximate surface area is 188 Å². The summed E-state index contributed by atoms with van der Waals surface area (Å²) in [6.07, 6.45) is 8.49. The number of benzene rings is 1. The first-order chi connectivity index (χ1) is 15.0. The van der Waals surface area contributed by atoms with Gasteiger partial charge in [-0.25, -0.2) is 0 Å². The van der Waals surface area contributed by atoms with Crippen LogP contribution in [-0.4, -0.2) is 29.4 Å². The van der Waals surface area contributed by atoms with Crippen LogP contribution in [0.4, 0.5) is 5.69 Å². The van der Waals surface area contributed by atoms with Crippen LogP contribution in [0.1, 0.15) is 44.1 Å². The highest BCUT2D eigenvalue weighted by Crippen LogP contribution is 2.47. The predicted molar refractivity (Wildman–Crippen MR) is 122 cm³/mol. The highest BCUT2D eigenvalue weighted by atomic mass is 35.5. The number of pyridine rings is 1. The number of nitrogens with zero attached hydrogens (tertiary/aromatic N) is 1. The number of anilines is 1. The van der Waals surface area contributed by atoms with Gasteiger partial charge in [0.1, 0.15) is 0 Å². The SMILES string of the molecule is NC(C(=O)NCC1(c2ccc(Cl)cc2)CC1)[C@H]1CC[C@H](C(=O)Nc2ccncc2)CC1. The van der Waals surface area contributed by atoms with Gasteiger partial charge in [-0.1, -0.05) is 23.7 Å². The number of nitrogens with two attached hydrogens (primary N) is 1. The number of rotatable bonds is 7. The minimum Gasteiger partial charge on any atom is -0.354 e. The zero-order valence-electron chi connectivity index (χ0n) is 17.5. The van der Waals surface area contributed by atoms with Crippen LogP contribution in [0, 0.1) is 11.8 Å². The van der Waals surface area contributed by atoms with Crippen LogP contribution in [0.2, 0.25) is 5.02 Å². The van der Waals surface area contributed by atoms with Crippen molar-refractivity contribution < 1.29 is 9.59 Å². The fraction of sp³-hybridized carbons (Fsp3) is 0.458. The van der Waals surface area contributed by atoms with E-state index in [1.54, 1.807) is 24.5 Å². The summed E-state index contributed by atoms with van der Waals surface area (Å²) in [5.74, 6) is 0.00112. The van der Waals surface area contributed by atoms with Crippen LogP contribution in [0.3, 0.4) is 0 Å². The van der Waals surface area contributed by atoms with Crippen molar-refractivity contribution in [2.45, 2.75) is 50.0 Å². The molecule has 31 heavy (non-hydrogen) atoms. The van der Waals surface area contributed by atoms with Crippen LogP contribution >= 0.6 is 11.6 Å². The molecule has 2 aliphatic rings. The van der Waals surface area contributed by atoms with Crippen molar-refractivity contribution in [2.75, 3.05) is 11.9 Å². The molecule has 2 aromatic rings. The zero-order valence-corrected chi connectivity index (χ0v) is 18.3. The number of nitrogens with one attached hydrogen (secondary N) is 2. The second-order valence-electron chi connectivity index (χ2n) is 8.87. The topological polar surface area (TPSA) is 97.1 Å². The normalized spacial score (nSPS) is 22.9. The van der Waals surface area contributed by atoms with E-state index < -0.39 is 6.04 Å². The highest BCUT2D eigenvalue weighted by Gasteiger charge is 2.44. The summed E-state index contributed by atoms with van der Waals surface area (Å²) >= 11 is 5.99. The zero-order chi connectivity index (χ0) is 21.8. The molecule has 4 N–H and O–H groups in total. The highest BCUT2D eigenvalue weighted by molar-refractivity contribution is 6.30. The molecule has 1 aromatic carbocycles. The van der Waals surface area contributed by atoms with Crippen molar-refractivity contribution >= 4 is 29.1 Å². The van der Waals surface area contributed by atoms with Crippen LogP contribution in [0.15, 0.2) is 48.8 Å². The molecule has 0 aliphatic heterocycles. The minimum atomic E-state index is -0.537. The van der Waals surface area contributed by atoms with Crippen LogP contribution < -0.4 is 16.4 Å². The van der Waals surface area contributed by atoms with Crippen LogP contribution in [0.25, 0.3) is 0 Å². The van der Waals surface area contributed by atoms with Crippen molar-refractivity contribution in [1.29, 1.82) is 0 Å². The maximum Gasteiger partial charge on any atom is 0.237 e. The quantitative estimate of drug-likeness (QED) is 0.612. The Hall–Kier alpha value is -2.44. The summed E-state index contributed by atoms with van der Waals surface area (Å²) in [6.45, 7) is 0.602. The monoisotopic (exact) mass is 440 g/mol. The standard InChI is InChI=1S/C24H29ClN4O2/c25-19-7-5-18(6-8-19)24(11-12-24)15-28-23(31)21(26)16-1-3-17(4-2-16)22(30)29-20-9-13-27-14-10-20/h5-10,13-14,16-17,21H,1-4,11-12,15,26H2,(H,28,31)(H,27,29,30)/t16-,17-,21?. The fourth-order valence-corrected chi connectivity index (χ4v) is 4.66. The second kappa shape index (κ2) is 9.37. The number of carbonyl (C=O) groups is 2. The number of carbonyl (C=O) groups excluding carboxylic acids is 2. The van der Waals surface area contributed by atoms with Gasteiger partial charge < -0.3 is 16.4 Å². The maximum atomic E-state index is 12.7. The molecule has 164 valence electrons. The Balaban J connectivity index is 1.24. The van der Waals surface area contributed by atoms with Gasteiger partial charge in [0, 0.05) is 41.0 Å². The van der Waals surface area contributed by atoms with Crippen molar-refractivity contribution in [3.8, 4) is 0 Å². The van der Waals surface area contributed by atoms with Gasteiger partial charge in [0.2, 0.25) is 11.8 Å². The average molecular weight is 441 g/mol. The van der Waals surface area contributed by atoms with E-state index in [1.807, 2.05) is 24.3 Å². The van der Waals surface area contributed by atoms with Crippen molar-refractivity contribution in [2.24, 2.45) is 17.6 Å². The molecule has 2 saturated carbocycles. The van der Waals surface area contributed by atoms with Gasteiger partial charge in [0.15, 0.2) is 0 Å². The predicted octanol–water partition coefficient (Wildman–Crippen LogP) is 3.66. The van der Waals surface area contributed by atoms with Gasteiger partial charge >= 0.3 is 0 Å². The van der Waals surface area contributed by atoms with Crippen molar-refractivity contribution in [3.05, 3.63) is 59.4 Å². The van der Waals surface area contributed by atoms with Gasteiger partial charge in [0.05, 0.1) is 6.04 Å². The lowest BCUT2D eigenvalue weighted by atomic mass is 9.78. The molecule has 1 aromatic heterocycles. The third kappa shape index (κ3) is 5.25. The van der Waals surface area contributed by atoms with Gasteiger partial charge in [-0.3, -0.25) is 14.6 Å². The van der Waals surface area contributed by atoms with Crippen molar-refractivity contribution in [1.82, 2.24) is 10.3 Å². The molecule has 0 radical (unpaired) electrons. The average Bonchev–Trinajstić information content (AvgIpc) is 3.59. The summed E-state index contributed by atoms with van der Waals surface area (Å²) in [6, 6.07) is 10.9. The summed E-state index contributed by atoms with van der Waals surface area (Å²) < 4.78 is 0. The first-order valence-electron chi connectivity index (χ1n) is 11.0. The Kier molecular flexibility index (Phi) is 6.58. The van der Waals surface area contributed by atoms with E-state index in [-0.39, 0.29) is 29.1 Å². The van der Waals surface area contributed by atoms with E-state index >= 15 is 0 Å². The summed E-state index contributed by atoms with van der Waals surface area (Å²) in [5.41, 5.74) is 8.30. The molecule has 1 atom stereocenters. The van der Waals surface area contributed by atoms with Crippen LogP contribution in [-0.2, 0) is 15.0 Å². The Bertz CT molecular complexity index is 907. The Morgan fingerprint density at radius 3 is 2.32 bits per heavy atom. The minimum absolute atomic E-state index is 0.0165. The molecule has 2 amide bonds. The fourth-order valence-electron chi connectivity index (χ4n) is 4.53. The first-order valence-corrected chi connectivity index (χ1v) is 11.3. The summed E-state index contributed by atoms with van der Waals surface area (Å²) in [7, 11) is 0. The van der Waals surface area contributed by atoms with Gasteiger partial charge in [-0.2, -0.15) is 0 Å². The lowest BCUT2D eigenvalue weighted by Crippen LogP contribution is -2.48. The molecule has 0 saturated heterocycles. The van der Waals surface area contributed by atoms with E-state index in [4.69, 9.17) is 17.3 Å². The van der Waals surface area contributed by atoms with E-state index in [0.29, 0.717) is 6.54 Å². The molecular formula is C24H29ClN4O2. The molecule has 1 heterocycles. The first kappa shape index (κ1) is 21.8. The molecule has 2 fully saturated rings. The van der Waals surface area contributed by atoms with Gasteiger partial charge in [-0.05, 0) is 74.3 Å². The third-order valence-electron chi connectivity index (χ3n) is 6.81. The molecule has 7 heteroatoms. The van der Waals surface area contributed by atoms with E-state index in [9.17, 15) is 9.59 Å². The molecular weight excluding hydrogens is 412 g/mol. The molecule has 6 nitrogen and oxygen atoms in total. The number of amides is 2. The van der Waals surface area contributed by atoms with Gasteiger partial charge in [-0.15, -0.1) is 0 Å². The summed E-state index contributed by atoms with van der Waals surface area (Å²) in [5, 5.41) is 6.74. The smallest absolute Gasteiger partial charge is 0.237 e. The molecule has 0 spiro atoms. The number of halogens is 1. The van der Waals surface area contributed by atoms with Crippen molar-refractivity contribution in [3.63, 3.8) is 0 Å². The van der Waals surface area contributed by atoms with Crippen LogP contribution in [0.5, 0.6) is 0 Å². The lowest BCUT2D eigenvalue weighted by molar-refractivity contribution is -0.124. The lowest BCUT2D eigenvalue weighted by Gasteiger charge is -2.31. The van der Waals surface area contributed by atoms with E-state index in [2.05, 4.69) is 15.6 Å². The molecule has 1 unspecified atom stereocenters. The maximum absolute atomic E-state index is 12.7. The van der Waals surface area contributed by atoms with E-state index in [1.165, 1.54) is 5.56 Å². The van der Waals surface area contributed by atoms with Gasteiger partial charge in [0.25, 0.3) is 0 Å². The molecule has 0 bridgehead atoms. The number of hydrogen-bond donors (Lipinski definition) is 3. The summed E-state index contributed by atoms with van der Waals surface area (Å²) in [4.78, 5) is 29.2. The Morgan fingerprint density at radius 1 is 1.06 bits per heavy atom.